The van der Waals surface area contributed by atoms with E-state index in [1.165, 1.54) is 12.1 Å². The first-order valence-electron chi connectivity index (χ1n) is 14.4. The summed E-state index contributed by atoms with van der Waals surface area (Å²) in [6, 6.07) is 8.81. The van der Waals surface area contributed by atoms with E-state index < -0.39 is 48.0 Å². The Morgan fingerprint density at radius 2 is 1.51 bits per heavy atom. The number of likely N-dealkylation sites (tertiary alicyclic amines) is 1. The van der Waals surface area contributed by atoms with Crippen molar-refractivity contribution >= 4 is 52.9 Å². The van der Waals surface area contributed by atoms with Gasteiger partial charge in [-0.2, -0.15) is 26.3 Å². The SMILES string of the molecule is NC(=O)[C@@H]1CCCN1Cc1ccc2c(c1)C[C@H](CN=C(N)N)[C@H]2NC(=O)C(=O)Nc1ccc(Cl)c(F)c1.O=C(O)C(F)(F)F.O=C(O)C(F)(F)F. The van der Waals surface area contributed by atoms with Crippen molar-refractivity contribution in [3.8, 4) is 0 Å². The lowest BCUT2D eigenvalue weighted by Gasteiger charge is -2.22. The molecule has 22 heteroatoms. The molecular formula is C29H31ClF7N7O7. The molecule has 0 saturated carbocycles. The van der Waals surface area contributed by atoms with Gasteiger partial charge in [0, 0.05) is 24.7 Å². The Balaban J connectivity index is 0.000000543. The normalized spacial score (nSPS) is 18.2. The van der Waals surface area contributed by atoms with E-state index in [1.807, 2.05) is 18.2 Å². The van der Waals surface area contributed by atoms with Gasteiger partial charge >= 0.3 is 36.1 Å². The Bertz CT molecular complexity index is 1630. The Morgan fingerprint density at radius 1 is 0.922 bits per heavy atom. The molecular weight excluding hydrogens is 727 g/mol. The van der Waals surface area contributed by atoms with Crippen LogP contribution in [0.1, 0.15) is 35.6 Å². The maximum atomic E-state index is 13.7. The second kappa shape index (κ2) is 17.7. The van der Waals surface area contributed by atoms with E-state index in [4.69, 9.17) is 48.6 Å². The van der Waals surface area contributed by atoms with E-state index in [1.54, 1.807) is 0 Å². The number of alkyl halides is 6. The van der Waals surface area contributed by atoms with Gasteiger partial charge in [0.2, 0.25) is 5.91 Å². The number of halogens is 8. The van der Waals surface area contributed by atoms with Crippen LogP contribution in [0.2, 0.25) is 5.02 Å². The minimum Gasteiger partial charge on any atom is -0.475 e. The summed E-state index contributed by atoms with van der Waals surface area (Å²) in [7, 11) is 0. The average molecular weight is 758 g/mol. The number of carbonyl (C=O) groups excluding carboxylic acids is 3. The summed E-state index contributed by atoms with van der Waals surface area (Å²) >= 11 is 5.67. The summed E-state index contributed by atoms with van der Waals surface area (Å²) in [4.78, 5) is 61.0. The van der Waals surface area contributed by atoms with Gasteiger partial charge in [-0.15, -0.1) is 0 Å². The van der Waals surface area contributed by atoms with E-state index in [0.717, 1.165) is 42.1 Å². The fourth-order valence-corrected chi connectivity index (χ4v) is 5.14. The molecule has 10 N–H and O–H groups in total. The van der Waals surface area contributed by atoms with Crippen molar-refractivity contribution in [3.05, 3.63) is 63.9 Å². The smallest absolute Gasteiger partial charge is 0.475 e. The molecule has 2 aliphatic rings. The summed E-state index contributed by atoms with van der Waals surface area (Å²) in [6.07, 6.45) is -7.92. The van der Waals surface area contributed by atoms with Crippen molar-refractivity contribution in [1.82, 2.24) is 10.2 Å². The first-order valence-corrected chi connectivity index (χ1v) is 14.8. The molecule has 1 heterocycles. The number of carboxylic acids is 2. The highest BCUT2D eigenvalue weighted by Gasteiger charge is 2.39. The molecule has 2 aromatic rings. The number of nitrogens with one attached hydrogen (secondary N) is 2. The first kappa shape index (κ1) is 42.0. The maximum Gasteiger partial charge on any atom is 0.490 e. The van der Waals surface area contributed by atoms with Crippen molar-refractivity contribution < 1.29 is 64.9 Å². The average Bonchev–Trinajstić information content (AvgIpc) is 3.61. The number of aliphatic carboxylic acids is 2. The van der Waals surface area contributed by atoms with Gasteiger partial charge in [0.1, 0.15) is 5.82 Å². The van der Waals surface area contributed by atoms with Crippen molar-refractivity contribution in [2.45, 2.75) is 50.2 Å². The number of hydrogen-bond donors (Lipinski definition) is 7. The Kier molecular flexibility index (Phi) is 14.5. The minimum absolute atomic E-state index is 0.0734. The van der Waals surface area contributed by atoms with E-state index in [-0.39, 0.29) is 41.1 Å². The summed E-state index contributed by atoms with van der Waals surface area (Å²) in [5.41, 5.74) is 19.6. The largest absolute Gasteiger partial charge is 0.490 e. The van der Waals surface area contributed by atoms with Crippen molar-refractivity contribution in [2.24, 2.45) is 28.1 Å². The molecule has 4 rings (SSSR count). The van der Waals surface area contributed by atoms with Crippen LogP contribution in [-0.4, -0.2) is 82.2 Å². The molecule has 1 aliphatic carbocycles. The summed E-state index contributed by atoms with van der Waals surface area (Å²) in [5, 5.41) is 19.3. The molecule has 3 atom stereocenters. The molecule has 0 aromatic heterocycles. The van der Waals surface area contributed by atoms with Crippen LogP contribution in [-0.2, 0) is 36.9 Å². The predicted octanol–water partition coefficient (Wildman–Crippen LogP) is 2.44. The zero-order chi connectivity index (χ0) is 38.8. The van der Waals surface area contributed by atoms with Crippen molar-refractivity contribution in [3.63, 3.8) is 0 Å². The van der Waals surface area contributed by atoms with Gasteiger partial charge in [-0.3, -0.25) is 24.3 Å². The molecule has 0 unspecified atom stereocenters. The second-order valence-electron chi connectivity index (χ2n) is 10.9. The number of primary amides is 1. The lowest BCUT2D eigenvalue weighted by atomic mass is 10.00. The molecule has 0 spiro atoms. The van der Waals surface area contributed by atoms with E-state index in [2.05, 4.69) is 20.5 Å². The molecule has 51 heavy (non-hydrogen) atoms. The number of rotatable bonds is 7. The third kappa shape index (κ3) is 12.9. The molecule has 1 saturated heterocycles. The molecule has 14 nitrogen and oxygen atoms in total. The standard InChI is InChI=1S/C25H29ClFN7O3.2C2HF3O2/c26-18-6-4-16(10-19(18)27)32-23(36)24(37)33-21-15(11-31-25(29)30)9-14-8-13(3-5-17(14)21)12-34-7-1-2-20(34)22(28)35;2*3-2(4,5)1(6)7/h3-6,8,10,15,20-21H,1-2,7,9,11-12H2,(H2,28,35)(H,32,36)(H,33,37)(H4,29,30,31);2*(H,6,7)/t15-,20+,21-;;/m1../s1. The van der Waals surface area contributed by atoms with Crippen LogP contribution < -0.4 is 27.8 Å². The Hall–Kier alpha value is -5.18. The van der Waals surface area contributed by atoms with Crippen LogP contribution in [0, 0.1) is 11.7 Å². The topological polar surface area (TPSA) is 244 Å². The van der Waals surface area contributed by atoms with Crippen LogP contribution in [0.25, 0.3) is 0 Å². The number of amides is 3. The van der Waals surface area contributed by atoms with Gasteiger partial charge in [-0.05, 0) is 60.7 Å². The minimum atomic E-state index is -5.08. The van der Waals surface area contributed by atoms with Gasteiger partial charge in [0.25, 0.3) is 0 Å². The monoisotopic (exact) mass is 757 g/mol. The van der Waals surface area contributed by atoms with Crippen LogP contribution in [0.5, 0.6) is 0 Å². The number of guanidine groups is 1. The van der Waals surface area contributed by atoms with E-state index >= 15 is 0 Å². The fourth-order valence-electron chi connectivity index (χ4n) is 5.02. The summed E-state index contributed by atoms with van der Waals surface area (Å²) in [6.45, 7) is 1.62. The highest BCUT2D eigenvalue weighted by Crippen LogP contribution is 2.37. The number of anilines is 1. The molecule has 2 aromatic carbocycles. The Morgan fingerprint density at radius 3 is 2.02 bits per heavy atom. The highest BCUT2D eigenvalue weighted by molar-refractivity contribution is 6.39. The van der Waals surface area contributed by atoms with Crippen molar-refractivity contribution in [2.75, 3.05) is 18.4 Å². The predicted molar refractivity (Wildman–Crippen MR) is 165 cm³/mol. The van der Waals surface area contributed by atoms with Crippen LogP contribution in [0.15, 0.2) is 41.4 Å². The number of carboxylic acid groups (broad SMARTS) is 2. The second-order valence-corrected chi connectivity index (χ2v) is 11.3. The maximum absolute atomic E-state index is 13.7. The van der Waals surface area contributed by atoms with Crippen LogP contribution >= 0.6 is 11.6 Å². The summed E-state index contributed by atoms with van der Waals surface area (Å²) < 4.78 is 77.2. The molecule has 1 aliphatic heterocycles. The van der Waals surface area contributed by atoms with Gasteiger partial charge in [0.15, 0.2) is 5.96 Å². The van der Waals surface area contributed by atoms with Gasteiger partial charge < -0.3 is 38.0 Å². The number of fused-ring (bicyclic) bond motifs is 1. The number of carbonyl (C=O) groups is 5. The third-order valence-corrected chi connectivity index (χ3v) is 7.54. The van der Waals surface area contributed by atoms with Crippen LogP contribution in [0.3, 0.4) is 0 Å². The van der Waals surface area contributed by atoms with Crippen LogP contribution in [0.4, 0.5) is 36.4 Å². The number of benzene rings is 2. The van der Waals surface area contributed by atoms with E-state index in [9.17, 15) is 45.1 Å². The number of aliphatic imine (C=N–C) groups is 1. The van der Waals surface area contributed by atoms with Crippen molar-refractivity contribution in [1.29, 1.82) is 0 Å². The molecule has 1 fully saturated rings. The summed E-state index contributed by atoms with van der Waals surface area (Å²) in [5.74, 6) is -8.64. The third-order valence-electron chi connectivity index (χ3n) is 7.24. The zero-order valence-electron chi connectivity index (χ0n) is 26.0. The molecule has 0 bridgehead atoms. The van der Waals surface area contributed by atoms with Gasteiger partial charge in [-0.1, -0.05) is 29.8 Å². The number of nitrogens with two attached hydrogens (primary N) is 3. The lowest BCUT2D eigenvalue weighted by Crippen LogP contribution is -2.40. The molecule has 0 radical (unpaired) electrons. The first-order chi connectivity index (χ1) is 23.5. The number of nitrogens with zero attached hydrogens (tertiary/aromatic N) is 2. The van der Waals surface area contributed by atoms with Gasteiger partial charge in [-0.25, -0.2) is 14.0 Å². The van der Waals surface area contributed by atoms with E-state index in [0.29, 0.717) is 13.0 Å². The zero-order valence-corrected chi connectivity index (χ0v) is 26.8. The Labute approximate surface area is 288 Å². The fraction of sp³-hybridized carbons (Fsp3) is 0.379. The number of hydrogen-bond acceptors (Lipinski definition) is 7. The molecule has 3 amide bonds. The lowest BCUT2D eigenvalue weighted by molar-refractivity contribution is -0.193. The quantitative estimate of drug-likeness (QED) is 0.0942. The molecule has 280 valence electrons. The van der Waals surface area contributed by atoms with Gasteiger partial charge in [0.05, 0.1) is 17.1 Å². The highest BCUT2D eigenvalue weighted by atomic mass is 35.5.